The SMILES string of the molecule is CCNC(=O)[C@@H](Cc1ccccc1)N(Cc1ccc(Cl)cc1)C(=O)CN(c1ccc(Br)cc1)S(=O)(=O)c1ccccc1. The van der Waals surface area contributed by atoms with Gasteiger partial charge in [-0.3, -0.25) is 13.9 Å². The molecular weight excluding hydrogens is 638 g/mol. The van der Waals surface area contributed by atoms with E-state index in [0.29, 0.717) is 17.3 Å². The van der Waals surface area contributed by atoms with Gasteiger partial charge >= 0.3 is 0 Å². The zero-order valence-corrected chi connectivity index (χ0v) is 26.1. The summed E-state index contributed by atoms with van der Waals surface area (Å²) in [4.78, 5) is 29.3. The monoisotopic (exact) mass is 667 g/mol. The van der Waals surface area contributed by atoms with Crippen LogP contribution in [0.3, 0.4) is 0 Å². The summed E-state index contributed by atoms with van der Waals surface area (Å²) in [5.41, 5.74) is 1.93. The first-order chi connectivity index (χ1) is 20.2. The predicted octanol–water partition coefficient (Wildman–Crippen LogP) is 6.07. The highest BCUT2D eigenvalue weighted by molar-refractivity contribution is 9.10. The number of halogens is 2. The molecule has 0 saturated carbocycles. The number of hydrogen-bond acceptors (Lipinski definition) is 4. The van der Waals surface area contributed by atoms with Gasteiger partial charge in [-0.1, -0.05) is 88.2 Å². The normalized spacial score (nSPS) is 11.9. The van der Waals surface area contributed by atoms with Crippen LogP contribution >= 0.6 is 27.5 Å². The van der Waals surface area contributed by atoms with Crippen LogP contribution in [0.4, 0.5) is 5.69 Å². The van der Waals surface area contributed by atoms with E-state index in [-0.39, 0.29) is 23.8 Å². The molecule has 0 heterocycles. The Hall–Kier alpha value is -3.66. The number of nitrogens with zero attached hydrogens (tertiary/aromatic N) is 2. The van der Waals surface area contributed by atoms with Crippen molar-refractivity contribution >= 4 is 55.1 Å². The fraction of sp³-hybridized carbons (Fsp3) is 0.188. The Bertz CT molecular complexity index is 1590. The van der Waals surface area contributed by atoms with E-state index in [4.69, 9.17) is 11.6 Å². The van der Waals surface area contributed by atoms with E-state index in [2.05, 4.69) is 21.2 Å². The van der Waals surface area contributed by atoms with Crippen molar-refractivity contribution in [1.82, 2.24) is 10.2 Å². The zero-order valence-electron chi connectivity index (χ0n) is 23.0. The number of nitrogens with one attached hydrogen (secondary N) is 1. The molecule has 4 aromatic carbocycles. The minimum atomic E-state index is -4.14. The third-order valence-electron chi connectivity index (χ3n) is 6.61. The summed E-state index contributed by atoms with van der Waals surface area (Å²) in [6, 6.07) is 30.2. The lowest BCUT2D eigenvalue weighted by molar-refractivity contribution is -0.140. The van der Waals surface area contributed by atoms with E-state index < -0.39 is 28.5 Å². The molecule has 7 nitrogen and oxygen atoms in total. The lowest BCUT2D eigenvalue weighted by Crippen LogP contribution is -2.53. The van der Waals surface area contributed by atoms with Crippen LogP contribution in [0, 0.1) is 0 Å². The lowest BCUT2D eigenvalue weighted by atomic mass is 10.0. The molecule has 0 spiro atoms. The van der Waals surface area contributed by atoms with E-state index in [1.165, 1.54) is 17.0 Å². The standard InChI is InChI=1S/C32H31BrClN3O4S/c1-2-35-32(39)30(21-24-9-5-3-6-10-24)36(22-25-13-17-27(34)18-14-25)31(38)23-37(28-19-15-26(33)16-20-28)42(40,41)29-11-7-4-8-12-29/h3-20,30H,2,21-23H2,1H3,(H,35,39)/t30-/m1/s1. The molecule has 0 bridgehead atoms. The topological polar surface area (TPSA) is 86.8 Å². The predicted molar refractivity (Wildman–Crippen MR) is 170 cm³/mol. The Kier molecular flexibility index (Phi) is 10.8. The van der Waals surface area contributed by atoms with Gasteiger partial charge in [-0.25, -0.2) is 8.42 Å². The molecular formula is C32H31BrClN3O4S. The third kappa shape index (κ3) is 8.00. The number of anilines is 1. The van der Waals surface area contributed by atoms with Gasteiger partial charge in [0.25, 0.3) is 10.0 Å². The van der Waals surface area contributed by atoms with Crippen molar-refractivity contribution in [1.29, 1.82) is 0 Å². The molecule has 218 valence electrons. The molecule has 0 radical (unpaired) electrons. The second kappa shape index (κ2) is 14.5. The van der Waals surface area contributed by atoms with Gasteiger partial charge in [0.05, 0.1) is 10.6 Å². The minimum Gasteiger partial charge on any atom is -0.355 e. The number of carbonyl (C=O) groups is 2. The van der Waals surface area contributed by atoms with E-state index >= 15 is 0 Å². The maximum absolute atomic E-state index is 14.3. The van der Waals surface area contributed by atoms with Crippen LogP contribution in [-0.4, -0.2) is 44.3 Å². The molecule has 0 saturated heterocycles. The van der Waals surface area contributed by atoms with Crippen LogP contribution in [0.2, 0.25) is 5.02 Å². The molecule has 2 amide bonds. The van der Waals surface area contributed by atoms with Gasteiger partial charge < -0.3 is 10.2 Å². The first-order valence-electron chi connectivity index (χ1n) is 13.4. The molecule has 4 aromatic rings. The second-order valence-corrected chi connectivity index (χ2v) is 12.8. The Morgan fingerprint density at radius 2 is 1.43 bits per heavy atom. The summed E-state index contributed by atoms with van der Waals surface area (Å²) in [6.45, 7) is 1.74. The van der Waals surface area contributed by atoms with Crippen molar-refractivity contribution in [2.45, 2.75) is 30.8 Å². The summed E-state index contributed by atoms with van der Waals surface area (Å²) >= 11 is 9.50. The number of benzene rings is 4. The molecule has 10 heteroatoms. The molecule has 4 rings (SSSR count). The number of rotatable bonds is 12. The van der Waals surface area contributed by atoms with Gasteiger partial charge in [-0.05, 0) is 66.6 Å². The van der Waals surface area contributed by atoms with Crippen LogP contribution in [0.5, 0.6) is 0 Å². The number of sulfonamides is 1. The van der Waals surface area contributed by atoms with Gasteiger partial charge in [-0.2, -0.15) is 0 Å². The van der Waals surface area contributed by atoms with E-state index in [1.807, 2.05) is 37.3 Å². The Balaban J connectivity index is 1.78. The molecule has 42 heavy (non-hydrogen) atoms. The smallest absolute Gasteiger partial charge is 0.264 e. The highest BCUT2D eigenvalue weighted by Gasteiger charge is 2.34. The summed E-state index contributed by atoms with van der Waals surface area (Å²) in [7, 11) is -4.14. The van der Waals surface area contributed by atoms with Crippen LogP contribution in [0.15, 0.2) is 119 Å². The van der Waals surface area contributed by atoms with E-state index in [9.17, 15) is 18.0 Å². The number of carbonyl (C=O) groups excluding carboxylic acids is 2. The molecule has 0 aliphatic rings. The highest BCUT2D eigenvalue weighted by atomic mass is 79.9. The molecule has 0 fully saturated rings. The van der Waals surface area contributed by atoms with Gasteiger partial charge in [-0.15, -0.1) is 0 Å². The first kappa shape index (κ1) is 31.3. The number of amides is 2. The van der Waals surface area contributed by atoms with Crippen molar-refractivity contribution < 1.29 is 18.0 Å². The van der Waals surface area contributed by atoms with Crippen LogP contribution in [0.1, 0.15) is 18.1 Å². The highest BCUT2D eigenvalue weighted by Crippen LogP contribution is 2.26. The quantitative estimate of drug-likeness (QED) is 0.199. The summed E-state index contributed by atoms with van der Waals surface area (Å²) in [6.07, 6.45) is 0.246. The lowest BCUT2D eigenvalue weighted by Gasteiger charge is -2.33. The minimum absolute atomic E-state index is 0.0505. The Labute approximate surface area is 260 Å². The van der Waals surface area contributed by atoms with Gasteiger partial charge in [0.2, 0.25) is 11.8 Å². The van der Waals surface area contributed by atoms with Crippen molar-refractivity contribution in [3.05, 3.63) is 130 Å². The maximum Gasteiger partial charge on any atom is 0.264 e. The summed E-state index contributed by atoms with van der Waals surface area (Å²) in [5.74, 6) is -0.857. The van der Waals surface area contributed by atoms with Crippen molar-refractivity contribution in [3.8, 4) is 0 Å². The second-order valence-electron chi connectivity index (χ2n) is 9.55. The zero-order chi connectivity index (χ0) is 30.1. The fourth-order valence-electron chi connectivity index (χ4n) is 4.49. The molecule has 0 aromatic heterocycles. The van der Waals surface area contributed by atoms with Gasteiger partial charge in [0.1, 0.15) is 12.6 Å². The molecule has 0 unspecified atom stereocenters. The van der Waals surface area contributed by atoms with Crippen LogP contribution < -0.4 is 9.62 Å². The average Bonchev–Trinajstić information content (AvgIpc) is 3.00. The number of hydrogen-bond donors (Lipinski definition) is 1. The van der Waals surface area contributed by atoms with Crippen LogP contribution in [0.25, 0.3) is 0 Å². The van der Waals surface area contributed by atoms with Crippen molar-refractivity contribution in [2.75, 3.05) is 17.4 Å². The van der Waals surface area contributed by atoms with E-state index in [1.54, 1.807) is 66.7 Å². The number of likely N-dealkylation sites (N-methyl/N-ethyl adjacent to an activating group) is 1. The van der Waals surface area contributed by atoms with Gasteiger partial charge in [0, 0.05) is 29.0 Å². The molecule has 0 aliphatic heterocycles. The van der Waals surface area contributed by atoms with Crippen LogP contribution in [-0.2, 0) is 32.6 Å². The van der Waals surface area contributed by atoms with Crippen molar-refractivity contribution in [2.24, 2.45) is 0 Å². The van der Waals surface area contributed by atoms with Crippen molar-refractivity contribution in [3.63, 3.8) is 0 Å². The first-order valence-corrected chi connectivity index (χ1v) is 16.0. The third-order valence-corrected chi connectivity index (χ3v) is 9.18. The van der Waals surface area contributed by atoms with E-state index in [0.717, 1.165) is 19.9 Å². The Morgan fingerprint density at radius 1 is 0.833 bits per heavy atom. The maximum atomic E-state index is 14.3. The largest absolute Gasteiger partial charge is 0.355 e. The van der Waals surface area contributed by atoms with Gasteiger partial charge in [0.15, 0.2) is 0 Å². The average molecular weight is 669 g/mol. The summed E-state index contributed by atoms with van der Waals surface area (Å²) < 4.78 is 29.7. The fourth-order valence-corrected chi connectivity index (χ4v) is 6.31. The molecule has 1 N–H and O–H groups in total. The Morgan fingerprint density at radius 3 is 2.02 bits per heavy atom. The molecule has 0 aliphatic carbocycles. The molecule has 1 atom stereocenters. The summed E-state index contributed by atoms with van der Waals surface area (Å²) in [5, 5.41) is 3.39.